The first-order valence-corrected chi connectivity index (χ1v) is 29.3. The summed E-state index contributed by atoms with van der Waals surface area (Å²) < 4.78 is 22.2. The van der Waals surface area contributed by atoms with Crippen molar-refractivity contribution < 1.29 is 76.5 Å². The van der Waals surface area contributed by atoms with Crippen molar-refractivity contribution in [1.29, 1.82) is 0 Å². The predicted octanol–water partition coefficient (Wildman–Crippen LogP) is 10.2. The maximum Gasteiger partial charge on any atom is 0.343 e. The van der Waals surface area contributed by atoms with Gasteiger partial charge in [-0.15, -0.1) is 0 Å². The van der Waals surface area contributed by atoms with E-state index in [1.54, 1.807) is 6.92 Å². The molecular formula is C67H64N4O16. The van der Waals surface area contributed by atoms with E-state index in [9.17, 15) is 57.5 Å². The molecule has 87 heavy (non-hydrogen) atoms. The molecule has 0 unspecified atom stereocenters. The molecular weight excluding hydrogens is 1120 g/mol. The van der Waals surface area contributed by atoms with Gasteiger partial charge in [-0.05, 0) is 141 Å². The Hall–Kier alpha value is -9.98. The number of hydrogen-bond acceptors (Lipinski definition) is 16. The molecule has 8 amide bonds. The normalized spacial score (nSPS) is 14.2. The molecule has 0 radical (unpaired) electrons. The van der Waals surface area contributed by atoms with Crippen LogP contribution < -0.4 is 18.9 Å². The van der Waals surface area contributed by atoms with E-state index in [1.165, 1.54) is 147 Å². The lowest BCUT2D eigenvalue weighted by Crippen LogP contribution is -2.30. The molecule has 0 N–H and O–H groups in total. The molecule has 0 fully saturated rings. The molecule has 4 aliphatic rings. The number of aryl methyl sites for hydroxylation is 1. The van der Waals surface area contributed by atoms with Crippen LogP contribution in [0.2, 0.25) is 0 Å². The largest absolute Gasteiger partial charge is 0.423 e. The van der Waals surface area contributed by atoms with Gasteiger partial charge in [0.15, 0.2) is 0 Å². The second-order valence-corrected chi connectivity index (χ2v) is 21.6. The Balaban J connectivity index is 0.659. The van der Waals surface area contributed by atoms with E-state index in [1.807, 2.05) is 0 Å². The quantitative estimate of drug-likeness (QED) is 0.0179. The fourth-order valence-corrected chi connectivity index (χ4v) is 10.5. The third-order valence-electron chi connectivity index (χ3n) is 15.4. The molecule has 0 aromatic heterocycles. The molecule has 0 spiro atoms. The van der Waals surface area contributed by atoms with Gasteiger partial charge in [-0.25, -0.2) is 19.2 Å². The van der Waals surface area contributed by atoms with Crippen molar-refractivity contribution in [3.05, 3.63) is 178 Å². The van der Waals surface area contributed by atoms with Crippen LogP contribution in [-0.2, 0) is 19.2 Å². The Kier molecular flexibility index (Phi) is 20.3. The fourth-order valence-electron chi connectivity index (χ4n) is 10.5. The molecule has 20 heteroatoms. The van der Waals surface area contributed by atoms with Crippen LogP contribution in [0.25, 0.3) is 0 Å². The van der Waals surface area contributed by atoms with Crippen molar-refractivity contribution in [3.8, 4) is 23.0 Å². The Morgan fingerprint density at radius 1 is 0.299 bits per heavy atom. The average Bonchev–Trinajstić information content (AvgIpc) is 1.86. The first-order valence-electron chi connectivity index (χ1n) is 29.3. The summed E-state index contributed by atoms with van der Waals surface area (Å²) in [4.78, 5) is 157. The summed E-state index contributed by atoms with van der Waals surface area (Å²) >= 11 is 0. The summed E-state index contributed by atoms with van der Waals surface area (Å²) in [5, 5.41) is 0. The third kappa shape index (κ3) is 15.3. The summed E-state index contributed by atoms with van der Waals surface area (Å²) in [5.74, 6) is -5.32. The highest BCUT2D eigenvalue weighted by Gasteiger charge is 2.37. The number of carbonyl (C=O) groups is 12. The molecule has 4 aliphatic heterocycles. The number of ether oxygens (including phenoxy) is 4. The minimum Gasteiger partial charge on any atom is -0.423 e. The third-order valence-corrected chi connectivity index (χ3v) is 15.4. The maximum atomic E-state index is 13.3. The molecule has 5 aromatic rings. The second-order valence-electron chi connectivity index (χ2n) is 21.6. The summed E-state index contributed by atoms with van der Waals surface area (Å²) in [6.07, 6.45) is 19.2. The van der Waals surface area contributed by atoms with Gasteiger partial charge < -0.3 is 18.9 Å². The van der Waals surface area contributed by atoms with Crippen LogP contribution in [0, 0.1) is 6.92 Å². The van der Waals surface area contributed by atoms with Crippen molar-refractivity contribution in [2.45, 2.75) is 110 Å². The number of hydrogen-bond donors (Lipinski definition) is 0. The van der Waals surface area contributed by atoms with E-state index in [4.69, 9.17) is 18.9 Å². The smallest absolute Gasteiger partial charge is 0.343 e. The van der Waals surface area contributed by atoms with Gasteiger partial charge in [-0.2, -0.15) is 0 Å². The standard InChI is InChI=1S/C67H64N4O16/c1-43-40-50(86-64(80)44-18-24-48(25-19-44)84-66(82)46-22-29-51-53(41-46)62(78)70(60(51)76)38-16-12-8-4-2-6-10-14-36-68-56(72)32-33-57(68)73)28-31-55(43)87-65(81)45-20-26-49(27-21-45)85-67(83)47-23-30-52-54(42-47)63(79)71(61(52)77)39-17-13-9-5-3-7-11-15-37-69-58(74)34-35-59(69)75/h18-35,40-42H,2-17,36-39H2,1H3. The summed E-state index contributed by atoms with van der Waals surface area (Å²) in [7, 11) is 0. The number of rotatable bonds is 30. The molecule has 0 aliphatic carbocycles. The molecule has 0 bridgehead atoms. The molecule has 4 heterocycles. The van der Waals surface area contributed by atoms with Gasteiger partial charge in [-0.1, -0.05) is 77.0 Å². The van der Waals surface area contributed by atoms with Gasteiger partial charge in [0.1, 0.15) is 23.0 Å². The lowest BCUT2D eigenvalue weighted by Gasteiger charge is -2.13. The molecule has 0 saturated heterocycles. The van der Waals surface area contributed by atoms with Crippen LogP contribution in [0.4, 0.5) is 0 Å². The highest BCUT2D eigenvalue weighted by molar-refractivity contribution is 6.23. The van der Waals surface area contributed by atoms with Crippen molar-refractivity contribution in [3.63, 3.8) is 0 Å². The zero-order valence-electron chi connectivity index (χ0n) is 48.1. The zero-order valence-corrected chi connectivity index (χ0v) is 48.1. The van der Waals surface area contributed by atoms with Gasteiger partial charge in [0, 0.05) is 50.5 Å². The summed E-state index contributed by atoms with van der Waals surface area (Å²) in [5.41, 5.74) is 1.49. The number of amides is 8. The monoisotopic (exact) mass is 1180 g/mol. The molecule has 20 nitrogen and oxygen atoms in total. The summed E-state index contributed by atoms with van der Waals surface area (Å²) in [6.45, 7) is 3.00. The fraction of sp³-hybridized carbons (Fsp3) is 0.313. The number of fused-ring (bicyclic) bond motifs is 2. The van der Waals surface area contributed by atoms with E-state index in [0.29, 0.717) is 31.5 Å². The van der Waals surface area contributed by atoms with Gasteiger partial charge in [-0.3, -0.25) is 58.0 Å². The van der Waals surface area contributed by atoms with E-state index >= 15 is 0 Å². The van der Waals surface area contributed by atoms with Crippen LogP contribution in [-0.4, -0.2) is 117 Å². The molecule has 5 aromatic carbocycles. The van der Waals surface area contributed by atoms with Crippen LogP contribution in [0.15, 0.2) is 127 Å². The highest BCUT2D eigenvalue weighted by Crippen LogP contribution is 2.30. The minimum absolute atomic E-state index is 0.0579. The lowest BCUT2D eigenvalue weighted by molar-refractivity contribution is -0.138. The van der Waals surface area contributed by atoms with Gasteiger partial charge in [0.25, 0.3) is 47.3 Å². The minimum atomic E-state index is -0.777. The second kappa shape index (κ2) is 28.7. The summed E-state index contributed by atoms with van der Waals surface area (Å²) in [6, 6.07) is 24.1. The number of unbranched alkanes of at least 4 members (excludes halogenated alkanes) is 14. The van der Waals surface area contributed by atoms with Crippen molar-refractivity contribution >= 4 is 71.1 Å². The first-order chi connectivity index (χ1) is 42.0. The van der Waals surface area contributed by atoms with Crippen molar-refractivity contribution in [2.24, 2.45) is 0 Å². The molecule has 448 valence electrons. The number of nitrogens with zero attached hydrogens (tertiary/aromatic N) is 4. The first kappa shape index (κ1) is 61.6. The lowest BCUT2D eigenvalue weighted by atomic mass is 10.1. The van der Waals surface area contributed by atoms with Crippen LogP contribution in [0.1, 0.15) is 191 Å². The van der Waals surface area contributed by atoms with Crippen LogP contribution in [0.5, 0.6) is 23.0 Å². The Morgan fingerprint density at radius 3 is 0.954 bits per heavy atom. The van der Waals surface area contributed by atoms with Gasteiger partial charge in [0.05, 0.1) is 44.5 Å². The Bertz CT molecular complexity index is 3590. The van der Waals surface area contributed by atoms with E-state index in [0.717, 1.165) is 89.9 Å². The Morgan fingerprint density at radius 2 is 0.586 bits per heavy atom. The zero-order chi connectivity index (χ0) is 61.6. The SMILES string of the molecule is Cc1cc(OC(=O)c2ccc(OC(=O)c3ccc4c(c3)C(=O)N(CCCCCCCCCCN3C(=O)C=CC3=O)C4=O)cc2)ccc1OC(=O)c1ccc(OC(=O)c2ccc3c(c2)C(=O)N(CCCCCCCCCCN2C(=O)C=CC2=O)C3=O)cc1. The van der Waals surface area contributed by atoms with Crippen LogP contribution >= 0.6 is 0 Å². The van der Waals surface area contributed by atoms with Gasteiger partial charge >= 0.3 is 23.9 Å². The number of esters is 4. The van der Waals surface area contributed by atoms with Crippen LogP contribution in [0.3, 0.4) is 0 Å². The highest BCUT2D eigenvalue weighted by atomic mass is 16.5. The number of carbonyl (C=O) groups excluding carboxylic acids is 12. The maximum absolute atomic E-state index is 13.3. The topological polar surface area (TPSA) is 255 Å². The van der Waals surface area contributed by atoms with E-state index < -0.39 is 47.5 Å². The molecule has 0 saturated carbocycles. The van der Waals surface area contributed by atoms with E-state index in [2.05, 4.69) is 0 Å². The molecule has 0 atom stereocenters. The number of benzene rings is 5. The average molecular weight is 1180 g/mol. The van der Waals surface area contributed by atoms with E-state index in [-0.39, 0.29) is 104 Å². The Labute approximate surface area is 501 Å². The molecule has 9 rings (SSSR count). The van der Waals surface area contributed by atoms with Crippen molar-refractivity contribution in [1.82, 2.24) is 19.6 Å². The van der Waals surface area contributed by atoms with Crippen molar-refractivity contribution in [2.75, 3.05) is 26.2 Å². The predicted molar refractivity (Wildman–Crippen MR) is 313 cm³/mol. The van der Waals surface area contributed by atoms with Gasteiger partial charge in [0.2, 0.25) is 0 Å². The number of imide groups is 4.